The van der Waals surface area contributed by atoms with Gasteiger partial charge in [-0.1, -0.05) is 12.1 Å². The molecule has 0 atom stereocenters. The van der Waals surface area contributed by atoms with Gasteiger partial charge in [-0.3, -0.25) is 4.79 Å². The van der Waals surface area contributed by atoms with Crippen molar-refractivity contribution in [3.63, 3.8) is 0 Å². The Bertz CT molecular complexity index is 1020. The smallest absolute Gasteiger partial charge is 0.279 e. The van der Waals surface area contributed by atoms with Gasteiger partial charge in [-0.15, -0.1) is 0 Å². The van der Waals surface area contributed by atoms with Crippen LogP contribution in [0.1, 0.15) is 16.7 Å². The third-order valence-corrected chi connectivity index (χ3v) is 7.25. The number of hydrogen-bond acceptors (Lipinski definition) is 3. The third-order valence-electron chi connectivity index (χ3n) is 5.35. The van der Waals surface area contributed by atoms with Crippen molar-refractivity contribution in [2.24, 2.45) is 0 Å². The Morgan fingerprint density at radius 1 is 1.07 bits per heavy atom. The highest BCUT2D eigenvalue weighted by molar-refractivity contribution is 7.89. The van der Waals surface area contributed by atoms with Crippen LogP contribution in [0.2, 0.25) is 0 Å². The van der Waals surface area contributed by atoms with E-state index in [1.807, 2.05) is 19.9 Å². The number of aryl methyl sites for hydroxylation is 3. The topological polar surface area (TPSA) is 70.9 Å². The number of anilines is 1. The van der Waals surface area contributed by atoms with Gasteiger partial charge in [0.2, 0.25) is 10.0 Å². The van der Waals surface area contributed by atoms with Gasteiger partial charge in [-0.2, -0.15) is 4.31 Å². The summed E-state index contributed by atoms with van der Waals surface area (Å²) in [6.45, 7) is 7.53. The Morgan fingerprint density at radius 2 is 1.76 bits per heavy atom. The van der Waals surface area contributed by atoms with Crippen molar-refractivity contribution in [2.75, 3.05) is 38.0 Å². The minimum Gasteiger partial charge on any atom is -0.325 e. The molecule has 156 valence electrons. The molecular formula is C21H27FN3O3S+. The molecule has 2 aromatic carbocycles. The number of hydrogen-bond donors (Lipinski definition) is 2. The molecule has 1 aliphatic heterocycles. The summed E-state index contributed by atoms with van der Waals surface area (Å²) in [5, 5.41) is 2.60. The number of sulfonamides is 1. The summed E-state index contributed by atoms with van der Waals surface area (Å²) >= 11 is 0. The second kappa shape index (κ2) is 8.61. The number of benzene rings is 2. The predicted octanol–water partition coefficient (Wildman–Crippen LogP) is 1.28. The molecule has 0 saturated carbocycles. The molecule has 6 nitrogen and oxygen atoms in total. The fourth-order valence-electron chi connectivity index (χ4n) is 3.39. The van der Waals surface area contributed by atoms with E-state index in [0.29, 0.717) is 31.1 Å². The maximum atomic E-state index is 13.9. The summed E-state index contributed by atoms with van der Waals surface area (Å²) in [6.07, 6.45) is 0. The van der Waals surface area contributed by atoms with Crippen molar-refractivity contribution in [3.05, 3.63) is 58.9 Å². The summed E-state index contributed by atoms with van der Waals surface area (Å²) < 4.78 is 41.1. The maximum absolute atomic E-state index is 13.9. The lowest BCUT2D eigenvalue weighted by atomic mass is 10.1. The van der Waals surface area contributed by atoms with E-state index in [-0.39, 0.29) is 18.1 Å². The van der Waals surface area contributed by atoms with Crippen molar-refractivity contribution < 1.29 is 22.5 Å². The molecular weight excluding hydrogens is 393 g/mol. The molecule has 0 bridgehead atoms. The van der Waals surface area contributed by atoms with Gasteiger partial charge in [-0.05, 0) is 61.7 Å². The Labute approximate surface area is 171 Å². The van der Waals surface area contributed by atoms with E-state index >= 15 is 0 Å². The molecule has 1 heterocycles. The minimum absolute atomic E-state index is 0.163. The van der Waals surface area contributed by atoms with Gasteiger partial charge in [0, 0.05) is 0 Å². The van der Waals surface area contributed by atoms with Gasteiger partial charge >= 0.3 is 0 Å². The first-order valence-corrected chi connectivity index (χ1v) is 11.1. The first kappa shape index (κ1) is 21.4. The highest BCUT2D eigenvalue weighted by Crippen LogP contribution is 2.19. The van der Waals surface area contributed by atoms with E-state index in [4.69, 9.17) is 0 Å². The summed E-state index contributed by atoms with van der Waals surface area (Å²) in [5.74, 6) is -0.745. The van der Waals surface area contributed by atoms with Gasteiger partial charge in [0.1, 0.15) is 5.82 Å². The highest BCUT2D eigenvalue weighted by atomic mass is 32.2. The average molecular weight is 421 g/mol. The summed E-state index contributed by atoms with van der Waals surface area (Å²) in [5.41, 5.74) is 2.94. The van der Waals surface area contributed by atoms with Gasteiger partial charge in [-0.25, -0.2) is 12.8 Å². The molecule has 2 N–H and O–H groups in total. The summed E-state index contributed by atoms with van der Waals surface area (Å²) in [7, 11) is -3.54. The van der Waals surface area contributed by atoms with Crippen LogP contribution in [-0.2, 0) is 14.8 Å². The number of piperazine rings is 1. The third kappa shape index (κ3) is 5.01. The van der Waals surface area contributed by atoms with Crippen LogP contribution >= 0.6 is 0 Å². The second-order valence-corrected chi connectivity index (χ2v) is 9.55. The van der Waals surface area contributed by atoms with E-state index in [9.17, 15) is 17.6 Å². The van der Waals surface area contributed by atoms with E-state index in [2.05, 4.69) is 5.32 Å². The van der Waals surface area contributed by atoms with Gasteiger partial charge in [0.05, 0.1) is 36.8 Å². The highest BCUT2D eigenvalue weighted by Gasteiger charge is 2.31. The number of nitrogens with one attached hydrogen (secondary N) is 2. The van der Waals surface area contributed by atoms with E-state index in [1.54, 1.807) is 31.2 Å². The van der Waals surface area contributed by atoms with Crippen LogP contribution in [0.3, 0.4) is 0 Å². The Balaban J connectivity index is 1.57. The van der Waals surface area contributed by atoms with Crippen molar-refractivity contribution >= 4 is 21.6 Å². The van der Waals surface area contributed by atoms with Gasteiger partial charge < -0.3 is 10.2 Å². The molecule has 8 heteroatoms. The minimum atomic E-state index is -3.54. The largest absolute Gasteiger partial charge is 0.325 e. The Kier molecular flexibility index (Phi) is 6.36. The van der Waals surface area contributed by atoms with Crippen LogP contribution in [0, 0.1) is 26.6 Å². The van der Waals surface area contributed by atoms with Crippen LogP contribution in [0.5, 0.6) is 0 Å². The SMILES string of the molecule is Cc1ccc(NC(=O)C[NH+]2CCN(S(=O)(=O)c3ccc(C)c(C)c3)CC2)c(F)c1. The van der Waals surface area contributed by atoms with Gasteiger partial charge in [0.25, 0.3) is 5.91 Å². The van der Waals surface area contributed by atoms with Gasteiger partial charge in [0.15, 0.2) is 6.54 Å². The van der Waals surface area contributed by atoms with Crippen LogP contribution in [0.15, 0.2) is 41.3 Å². The molecule has 1 saturated heterocycles. The molecule has 1 amide bonds. The molecule has 0 aliphatic carbocycles. The Hall–Kier alpha value is -2.29. The normalized spacial score (nSPS) is 16.0. The first-order chi connectivity index (χ1) is 13.7. The molecule has 1 aliphatic rings. The number of carbonyl (C=O) groups excluding carboxylic acids is 1. The zero-order valence-electron chi connectivity index (χ0n) is 17.0. The monoisotopic (exact) mass is 420 g/mol. The average Bonchev–Trinajstić information content (AvgIpc) is 2.66. The number of quaternary nitrogens is 1. The fraction of sp³-hybridized carbons (Fsp3) is 0.381. The quantitative estimate of drug-likeness (QED) is 0.766. The van der Waals surface area contributed by atoms with Crippen molar-refractivity contribution in [2.45, 2.75) is 25.7 Å². The zero-order valence-corrected chi connectivity index (χ0v) is 17.8. The van der Waals surface area contributed by atoms with Crippen LogP contribution < -0.4 is 10.2 Å². The number of nitrogens with zero attached hydrogens (tertiary/aromatic N) is 1. The molecule has 0 radical (unpaired) electrons. The molecule has 3 rings (SSSR count). The van der Waals surface area contributed by atoms with E-state index in [0.717, 1.165) is 21.6 Å². The molecule has 0 aromatic heterocycles. The van der Waals surface area contributed by atoms with E-state index in [1.165, 1.54) is 10.4 Å². The number of rotatable bonds is 5. The van der Waals surface area contributed by atoms with Crippen molar-refractivity contribution in [1.29, 1.82) is 0 Å². The van der Waals surface area contributed by atoms with Crippen molar-refractivity contribution in [1.82, 2.24) is 4.31 Å². The summed E-state index contributed by atoms with van der Waals surface area (Å²) in [6, 6.07) is 9.82. The molecule has 2 aromatic rings. The second-order valence-electron chi connectivity index (χ2n) is 7.61. The fourth-order valence-corrected chi connectivity index (χ4v) is 4.91. The molecule has 1 fully saturated rings. The van der Waals surface area contributed by atoms with Crippen LogP contribution in [-0.4, -0.2) is 51.4 Å². The van der Waals surface area contributed by atoms with Crippen LogP contribution in [0.25, 0.3) is 0 Å². The van der Waals surface area contributed by atoms with Crippen molar-refractivity contribution in [3.8, 4) is 0 Å². The Morgan fingerprint density at radius 3 is 2.38 bits per heavy atom. The molecule has 29 heavy (non-hydrogen) atoms. The summed E-state index contributed by atoms with van der Waals surface area (Å²) in [4.78, 5) is 13.5. The lowest BCUT2D eigenvalue weighted by Gasteiger charge is -2.31. The molecule has 0 spiro atoms. The lowest BCUT2D eigenvalue weighted by Crippen LogP contribution is -3.15. The number of amides is 1. The molecule has 0 unspecified atom stereocenters. The maximum Gasteiger partial charge on any atom is 0.279 e. The standard InChI is InChI=1S/C21H26FN3O3S/c1-15-4-7-20(19(22)12-15)23-21(26)14-24-8-10-25(11-9-24)29(27,28)18-6-5-16(2)17(3)13-18/h4-7,12-13H,8-11,14H2,1-3H3,(H,23,26)/p+1. The van der Waals surface area contributed by atoms with Crippen LogP contribution in [0.4, 0.5) is 10.1 Å². The number of halogens is 1. The first-order valence-electron chi connectivity index (χ1n) is 9.64. The van der Waals surface area contributed by atoms with E-state index < -0.39 is 15.8 Å². The predicted molar refractivity (Wildman–Crippen MR) is 110 cm³/mol. The lowest BCUT2D eigenvalue weighted by molar-refractivity contribution is -0.895. The number of carbonyl (C=O) groups is 1. The zero-order chi connectivity index (χ0) is 21.2.